The number of rotatable bonds is 9. The van der Waals surface area contributed by atoms with Crippen LogP contribution in [0, 0.1) is 0 Å². The van der Waals surface area contributed by atoms with Crippen molar-refractivity contribution in [1.82, 2.24) is 10.2 Å². The number of nitrogens with zero attached hydrogens (tertiary/aromatic N) is 1. The van der Waals surface area contributed by atoms with Crippen LogP contribution in [0.1, 0.15) is 32.3 Å². The van der Waals surface area contributed by atoms with Crippen molar-refractivity contribution in [2.75, 3.05) is 26.0 Å². The van der Waals surface area contributed by atoms with Crippen LogP contribution in [0.5, 0.6) is 0 Å². The van der Waals surface area contributed by atoms with Crippen LogP contribution >= 0.6 is 11.8 Å². The van der Waals surface area contributed by atoms with Gasteiger partial charge in [-0.15, -0.1) is 11.8 Å². The molecule has 0 bridgehead atoms. The molecule has 0 aliphatic rings. The van der Waals surface area contributed by atoms with E-state index in [0.29, 0.717) is 6.67 Å². The molecule has 0 unspecified atom stereocenters. The summed E-state index contributed by atoms with van der Waals surface area (Å²) in [7, 11) is 1.81. The second-order valence-electron chi connectivity index (χ2n) is 4.97. The van der Waals surface area contributed by atoms with E-state index in [9.17, 15) is 4.79 Å². The van der Waals surface area contributed by atoms with Crippen LogP contribution in [-0.2, 0) is 11.2 Å². The maximum Gasteiger partial charge on any atom is 0.220 e. The van der Waals surface area contributed by atoms with Crippen LogP contribution in [0.2, 0.25) is 0 Å². The number of nitrogens with one attached hydrogen (secondary N) is 1. The van der Waals surface area contributed by atoms with Gasteiger partial charge in [-0.2, -0.15) is 0 Å². The maximum atomic E-state index is 11.1. The van der Waals surface area contributed by atoms with Gasteiger partial charge < -0.3 is 4.90 Å². The molecule has 1 amide bonds. The third-order valence-electron chi connectivity index (χ3n) is 3.14. The predicted octanol–water partition coefficient (Wildman–Crippen LogP) is 3.15. The van der Waals surface area contributed by atoms with Gasteiger partial charge in [0.2, 0.25) is 5.91 Å². The zero-order valence-electron chi connectivity index (χ0n) is 12.8. The van der Waals surface area contributed by atoms with E-state index in [0.717, 1.165) is 13.0 Å². The van der Waals surface area contributed by atoms with Crippen LogP contribution < -0.4 is 5.32 Å². The Balaban J connectivity index is 2.29. The highest BCUT2D eigenvalue weighted by Crippen LogP contribution is 2.20. The topological polar surface area (TPSA) is 32.3 Å². The molecule has 0 atom stereocenters. The third kappa shape index (κ3) is 6.96. The average Bonchev–Trinajstić information content (AvgIpc) is 2.44. The monoisotopic (exact) mass is 294 g/mol. The lowest BCUT2D eigenvalue weighted by atomic mass is 10.1. The van der Waals surface area contributed by atoms with Crippen molar-refractivity contribution >= 4 is 17.7 Å². The van der Waals surface area contributed by atoms with E-state index in [1.165, 1.54) is 29.1 Å². The lowest BCUT2D eigenvalue weighted by Crippen LogP contribution is -2.35. The molecule has 4 heteroatoms. The van der Waals surface area contributed by atoms with E-state index < -0.39 is 0 Å². The number of hydrogen-bond acceptors (Lipinski definition) is 3. The predicted molar refractivity (Wildman–Crippen MR) is 87.1 cm³/mol. The minimum atomic E-state index is 0.0896. The Bertz CT molecular complexity index is 409. The smallest absolute Gasteiger partial charge is 0.220 e. The Labute approximate surface area is 127 Å². The summed E-state index contributed by atoms with van der Waals surface area (Å²) in [5, 5.41) is 3.29. The fraction of sp³-hybridized carbons (Fsp3) is 0.562. The molecular weight excluding hydrogens is 268 g/mol. The zero-order valence-corrected chi connectivity index (χ0v) is 13.6. The molecule has 1 aromatic carbocycles. The number of benzene rings is 1. The average molecular weight is 294 g/mol. The zero-order chi connectivity index (χ0) is 14.8. The Morgan fingerprint density at radius 3 is 2.90 bits per heavy atom. The van der Waals surface area contributed by atoms with E-state index in [1.807, 2.05) is 11.8 Å². The number of thioether (sulfide) groups is 1. The fourth-order valence-corrected chi connectivity index (χ4v) is 2.79. The van der Waals surface area contributed by atoms with E-state index >= 15 is 0 Å². The molecule has 0 saturated heterocycles. The van der Waals surface area contributed by atoms with Crippen molar-refractivity contribution in [2.24, 2.45) is 0 Å². The van der Waals surface area contributed by atoms with Crippen LogP contribution in [0.15, 0.2) is 29.2 Å². The van der Waals surface area contributed by atoms with Gasteiger partial charge in [-0.25, -0.2) is 0 Å². The van der Waals surface area contributed by atoms with Crippen LogP contribution in [0.3, 0.4) is 0 Å². The Morgan fingerprint density at radius 2 is 2.20 bits per heavy atom. The minimum absolute atomic E-state index is 0.0896. The van der Waals surface area contributed by atoms with E-state index in [-0.39, 0.29) is 5.91 Å². The summed E-state index contributed by atoms with van der Waals surface area (Å²) in [5.74, 6) is 1.29. The molecule has 0 aromatic heterocycles. The van der Waals surface area contributed by atoms with Gasteiger partial charge in [-0.3, -0.25) is 10.1 Å². The van der Waals surface area contributed by atoms with Gasteiger partial charge in [0.15, 0.2) is 0 Å². The first-order chi connectivity index (χ1) is 9.63. The van der Waals surface area contributed by atoms with Gasteiger partial charge in [0.25, 0.3) is 0 Å². The highest BCUT2D eigenvalue weighted by atomic mass is 32.2. The van der Waals surface area contributed by atoms with Gasteiger partial charge in [0.05, 0.1) is 6.67 Å². The van der Waals surface area contributed by atoms with Crippen molar-refractivity contribution in [1.29, 1.82) is 0 Å². The quantitative estimate of drug-likeness (QED) is 0.431. The largest absolute Gasteiger partial charge is 0.333 e. The maximum absolute atomic E-state index is 11.1. The molecule has 0 aliphatic carbocycles. The highest BCUT2D eigenvalue weighted by Gasteiger charge is 2.01. The fourth-order valence-electron chi connectivity index (χ4n) is 1.72. The molecule has 0 radical (unpaired) electrons. The van der Waals surface area contributed by atoms with Gasteiger partial charge in [-0.1, -0.05) is 25.5 Å². The van der Waals surface area contributed by atoms with Crippen molar-refractivity contribution in [3.63, 3.8) is 0 Å². The minimum Gasteiger partial charge on any atom is -0.333 e. The molecule has 0 saturated carbocycles. The van der Waals surface area contributed by atoms with Gasteiger partial charge >= 0.3 is 0 Å². The summed E-state index contributed by atoms with van der Waals surface area (Å²) in [6, 6.07) is 8.75. The van der Waals surface area contributed by atoms with Crippen LogP contribution in [0.4, 0.5) is 0 Å². The lowest BCUT2D eigenvalue weighted by Gasteiger charge is -2.15. The first-order valence-corrected chi connectivity index (χ1v) is 8.26. The molecule has 0 heterocycles. The van der Waals surface area contributed by atoms with Crippen molar-refractivity contribution in [2.45, 2.75) is 38.0 Å². The standard InChI is InChI=1S/C16H26N2OS/c1-4-5-11-20-16-8-6-7-15(12-16)9-10-17-13-18(3)14(2)19/h6-8,12,17H,4-5,9-11,13H2,1-3H3. The summed E-state index contributed by atoms with van der Waals surface area (Å²) in [6.07, 6.45) is 3.52. The molecule has 112 valence electrons. The number of hydrogen-bond donors (Lipinski definition) is 1. The van der Waals surface area contributed by atoms with Gasteiger partial charge in [0.1, 0.15) is 0 Å². The second kappa shape index (κ2) is 9.83. The first kappa shape index (κ1) is 17.1. The highest BCUT2D eigenvalue weighted by molar-refractivity contribution is 7.99. The van der Waals surface area contributed by atoms with Crippen molar-refractivity contribution in [3.05, 3.63) is 29.8 Å². The lowest BCUT2D eigenvalue weighted by molar-refractivity contribution is -0.127. The molecule has 1 aromatic rings. The summed E-state index contributed by atoms with van der Waals surface area (Å²) < 4.78 is 0. The number of carbonyl (C=O) groups is 1. The number of carbonyl (C=O) groups excluding carboxylic acids is 1. The molecule has 3 nitrogen and oxygen atoms in total. The summed E-state index contributed by atoms with van der Waals surface area (Å²) in [4.78, 5) is 14.1. The third-order valence-corrected chi connectivity index (χ3v) is 4.22. The van der Waals surface area contributed by atoms with Gasteiger partial charge in [0, 0.05) is 25.4 Å². The van der Waals surface area contributed by atoms with E-state index in [4.69, 9.17) is 0 Å². The second-order valence-corrected chi connectivity index (χ2v) is 6.14. The normalized spacial score (nSPS) is 10.6. The molecular formula is C16H26N2OS. The summed E-state index contributed by atoms with van der Waals surface area (Å²) in [5.41, 5.74) is 1.35. The SMILES string of the molecule is CCCCSc1cccc(CCNCN(C)C(C)=O)c1. The Kier molecular flexibility index (Phi) is 8.38. The number of amides is 1. The van der Waals surface area contributed by atoms with Crippen LogP contribution in [0.25, 0.3) is 0 Å². The molecule has 0 spiro atoms. The molecule has 0 fully saturated rings. The van der Waals surface area contributed by atoms with Crippen molar-refractivity contribution in [3.8, 4) is 0 Å². The number of unbranched alkanes of at least 4 members (excludes halogenated alkanes) is 1. The Morgan fingerprint density at radius 1 is 1.40 bits per heavy atom. The van der Waals surface area contributed by atoms with E-state index in [1.54, 1.807) is 18.9 Å². The summed E-state index contributed by atoms with van der Waals surface area (Å²) in [6.45, 7) is 5.31. The van der Waals surface area contributed by atoms with E-state index in [2.05, 4.69) is 36.5 Å². The first-order valence-electron chi connectivity index (χ1n) is 7.27. The van der Waals surface area contributed by atoms with Crippen LogP contribution in [-0.4, -0.2) is 36.8 Å². The molecule has 1 rings (SSSR count). The van der Waals surface area contributed by atoms with Gasteiger partial charge in [-0.05, 0) is 36.3 Å². The van der Waals surface area contributed by atoms with Crippen molar-refractivity contribution < 1.29 is 4.79 Å². The summed E-state index contributed by atoms with van der Waals surface area (Å²) >= 11 is 1.93. The molecule has 20 heavy (non-hydrogen) atoms. The molecule has 1 N–H and O–H groups in total. The Hall–Kier alpha value is -1.00. The molecule has 0 aliphatic heterocycles.